The molecule has 0 bridgehead atoms. The third-order valence-corrected chi connectivity index (χ3v) is 3.19. The zero-order valence-electron chi connectivity index (χ0n) is 9.81. The van der Waals surface area contributed by atoms with Gasteiger partial charge in [-0.05, 0) is 34.5 Å². The van der Waals surface area contributed by atoms with Gasteiger partial charge in [0.1, 0.15) is 0 Å². The molecule has 1 saturated heterocycles. The second kappa shape index (κ2) is 5.43. The van der Waals surface area contributed by atoms with Gasteiger partial charge in [0.25, 0.3) is 5.91 Å². The predicted octanol–water partition coefficient (Wildman–Crippen LogP) is 1.61. The summed E-state index contributed by atoms with van der Waals surface area (Å²) in [6.07, 6.45) is 0.234. The minimum Gasteiger partial charge on any atom is -0.453 e. The minimum absolute atomic E-state index is 0.0696. The van der Waals surface area contributed by atoms with Crippen LogP contribution in [0.1, 0.15) is 17.0 Å². The number of carbonyl (C=O) groups is 2. The van der Waals surface area contributed by atoms with E-state index in [1.165, 1.54) is 7.11 Å². The van der Waals surface area contributed by atoms with Crippen LogP contribution >= 0.6 is 15.9 Å². The molecule has 0 aliphatic carbocycles. The number of nitrogens with one attached hydrogen (secondary N) is 1. The zero-order valence-corrected chi connectivity index (χ0v) is 11.4. The summed E-state index contributed by atoms with van der Waals surface area (Å²) >= 11 is 3.15. The number of alkyl carbamates (subject to hydrolysis) is 1. The first-order chi connectivity index (χ1) is 8.60. The standard InChI is InChI=1S/C11H13BrN2O4/c1-17-11(16)13-7-4-5-14(6-7)10(15)8-2-3-9(12)18-8/h2-3,7H,4-6H2,1H3,(H,13,16). The molecule has 0 saturated carbocycles. The predicted molar refractivity (Wildman–Crippen MR) is 66.3 cm³/mol. The fourth-order valence-electron chi connectivity index (χ4n) is 1.87. The SMILES string of the molecule is COC(=O)NC1CCN(C(=O)c2ccc(Br)o2)C1. The molecule has 1 aliphatic heterocycles. The van der Waals surface area contributed by atoms with Crippen molar-refractivity contribution in [2.24, 2.45) is 0 Å². The summed E-state index contributed by atoms with van der Waals surface area (Å²) in [7, 11) is 1.31. The molecule has 98 valence electrons. The molecular weight excluding hydrogens is 304 g/mol. The Hall–Kier alpha value is -1.50. The highest BCUT2D eigenvalue weighted by atomic mass is 79.9. The van der Waals surface area contributed by atoms with E-state index in [9.17, 15) is 9.59 Å². The Kier molecular flexibility index (Phi) is 3.90. The second-order valence-corrected chi connectivity index (χ2v) is 4.76. The van der Waals surface area contributed by atoms with Crippen molar-refractivity contribution in [3.05, 3.63) is 22.6 Å². The lowest BCUT2D eigenvalue weighted by Gasteiger charge is -2.15. The van der Waals surface area contributed by atoms with Gasteiger partial charge in [0.2, 0.25) is 0 Å². The lowest BCUT2D eigenvalue weighted by molar-refractivity contribution is 0.0755. The third-order valence-electron chi connectivity index (χ3n) is 2.77. The van der Waals surface area contributed by atoms with Gasteiger partial charge >= 0.3 is 6.09 Å². The van der Waals surface area contributed by atoms with Gasteiger partial charge in [-0.3, -0.25) is 4.79 Å². The topological polar surface area (TPSA) is 71.8 Å². The van der Waals surface area contributed by atoms with Crippen molar-refractivity contribution in [1.82, 2.24) is 10.2 Å². The average Bonchev–Trinajstić information content (AvgIpc) is 2.97. The van der Waals surface area contributed by atoms with E-state index < -0.39 is 6.09 Å². The Bertz CT molecular complexity index is 460. The molecule has 2 rings (SSSR count). The fourth-order valence-corrected chi connectivity index (χ4v) is 2.18. The molecule has 0 aromatic carbocycles. The maximum absolute atomic E-state index is 12.0. The van der Waals surface area contributed by atoms with Gasteiger partial charge in [-0.2, -0.15) is 0 Å². The number of halogens is 1. The Balaban J connectivity index is 1.92. The molecule has 1 N–H and O–H groups in total. The lowest BCUT2D eigenvalue weighted by atomic mass is 10.3. The van der Waals surface area contributed by atoms with E-state index in [-0.39, 0.29) is 11.9 Å². The number of rotatable bonds is 2. The van der Waals surface area contributed by atoms with Crippen molar-refractivity contribution in [3.8, 4) is 0 Å². The molecule has 7 heteroatoms. The number of methoxy groups -OCH3 is 1. The molecule has 0 spiro atoms. The van der Waals surface area contributed by atoms with Crippen molar-refractivity contribution in [1.29, 1.82) is 0 Å². The molecule has 1 aromatic rings. The van der Waals surface area contributed by atoms with E-state index >= 15 is 0 Å². The van der Waals surface area contributed by atoms with E-state index in [0.29, 0.717) is 29.9 Å². The molecule has 1 fully saturated rings. The first-order valence-electron chi connectivity index (χ1n) is 5.49. The fraction of sp³-hybridized carbons (Fsp3) is 0.455. The largest absolute Gasteiger partial charge is 0.453 e. The summed E-state index contributed by atoms with van der Waals surface area (Å²) in [6.45, 7) is 1.05. The van der Waals surface area contributed by atoms with Crippen LogP contribution in [0.4, 0.5) is 4.79 Å². The Labute approximate surface area is 112 Å². The third kappa shape index (κ3) is 2.84. The number of amides is 2. The monoisotopic (exact) mass is 316 g/mol. The van der Waals surface area contributed by atoms with E-state index in [0.717, 1.165) is 0 Å². The van der Waals surface area contributed by atoms with Crippen LogP contribution in [0.25, 0.3) is 0 Å². The van der Waals surface area contributed by atoms with Crippen LogP contribution < -0.4 is 5.32 Å². The van der Waals surface area contributed by atoms with Gasteiger partial charge in [-0.25, -0.2) is 4.79 Å². The molecule has 0 radical (unpaired) electrons. The van der Waals surface area contributed by atoms with Gasteiger partial charge in [0, 0.05) is 13.1 Å². The first kappa shape index (κ1) is 12.9. The molecule has 1 aliphatic rings. The molecule has 18 heavy (non-hydrogen) atoms. The summed E-state index contributed by atoms with van der Waals surface area (Å²) in [6, 6.07) is 3.22. The average molecular weight is 317 g/mol. The Morgan fingerprint density at radius 1 is 1.56 bits per heavy atom. The number of nitrogens with zero attached hydrogens (tertiary/aromatic N) is 1. The molecule has 1 atom stereocenters. The highest BCUT2D eigenvalue weighted by Crippen LogP contribution is 2.18. The van der Waals surface area contributed by atoms with Crippen LogP contribution in [0.5, 0.6) is 0 Å². The second-order valence-electron chi connectivity index (χ2n) is 3.98. The first-order valence-corrected chi connectivity index (χ1v) is 6.28. The maximum Gasteiger partial charge on any atom is 0.407 e. The Morgan fingerprint density at radius 3 is 2.94 bits per heavy atom. The Morgan fingerprint density at radius 2 is 2.33 bits per heavy atom. The summed E-state index contributed by atoms with van der Waals surface area (Å²) in [5, 5.41) is 2.68. The number of carbonyl (C=O) groups excluding carboxylic acids is 2. The number of hydrogen-bond acceptors (Lipinski definition) is 4. The lowest BCUT2D eigenvalue weighted by Crippen LogP contribution is -2.38. The van der Waals surface area contributed by atoms with E-state index in [1.54, 1.807) is 17.0 Å². The van der Waals surface area contributed by atoms with Gasteiger partial charge in [-0.15, -0.1) is 0 Å². The maximum atomic E-state index is 12.0. The van der Waals surface area contributed by atoms with Crippen LogP contribution in [-0.4, -0.2) is 43.1 Å². The van der Waals surface area contributed by atoms with Crippen molar-refractivity contribution < 1.29 is 18.7 Å². The normalized spacial score (nSPS) is 18.8. The van der Waals surface area contributed by atoms with Gasteiger partial charge in [0.05, 0.1) is 13.2 Å². The summed E-state index contributed by atoms with van der Waals surface area (Å²) in [4.78, 5) is 24.7. The minimum atomic E-state index is -0.477. The van der Waals surface area contributed by atoms with Gasteiger partial charge < -0.3 is 19.4 Å². The summed E-state index contributed by atoms with van der Waals surface area (Å²) in [5.74, 6) is 0.121. The van der Waals surface area contributed by atoms with E-state index in [1.807, 2.05) is 0 Å². The van der Waals surface area contributed by atoms with Gasteiger partial charge in [0.15, 0.2) is 10.4 Å². The number of likely N-dealkylation sites (tertiary alicyclic amines) is 1. The van der Waals surface area contributed by atoms with Gasteiger partial charge in [-0.1, -0.05) is 0 Å². The van der Waals surface area contributed by atoms with Crippen molar-refractivity contribution >= 4 is 27.9 Å². The number of furan rings is 1. The highest BCUT2D eigenvalue weighted by Gasteiger charge is 2.29. The van der Waals surface area contributed by atoms with Crippen molar-refractivity contribution in [3.63, 3.8) is 0 Å². The molecule has 1 unspecified atom stereocenters. The van der Waals surface area contributed by atoms with Crippen molar-refractivity contribution in [2.45, 2.75) is 12.5 Å². The van der Waals surface area contributed by atoms with Crippen LogP contribution in [0.15, 0.2) is 21.2 Å². The van der Waals surface area contributed by atoms with Crippen LogP contribution in [-0.2, 0) is 4.74 Å². The summed E-state index contributed by atoms with van der Waals surface area (Å²) in [5.41, 5.74) is 0. The quantitative estimate of drug-likeness (QED) is 0.899. The molecule has 2 heterocycles. The highest BCUT2D eigenvalue weighted by molar-refractivity contribution is 9.10. The zero-order chi connectivity index (χ0) is 13.1. The van der Waals surface area contributed by atoms with Crippen LogP contribution in [0.2, 0.25) is 0 Å². The molecule has 1 aromatic heterocycles. The van der Waals surface area contributed by atoms with Crippen molar-refractivity contribution in [2.75, 3.05) is 20.2 Å². The smallest absolute Gasteiger partial charge is 0.407 e. The number of ether oxygens (including phenoxy) is 1. The molecule has 2 amide bonds. The van der Waals surface area contributed by atoms with E-state index in [2.05, 4.69) is 26.0 Å². The molecule has 6 nitrogen and oxygen atoms in total. The van der Waals surface area contributed by atoms with E-state index in [4.69, 9.17) is 4.42 Å². The number of hydrogen-bond donors (Lipinski definition) is 1. The van der Waals surface area contributed by atoms with Crippen LogP contribution in [0.3, 0.4) is 0 Å². The molecular formula is C11H13BrN2O4. The summed E-state index contributed by atoms with van der Waals surface area (Å²) < 4.78 is 10.2. The van der Waals surface area contributed by atoms with Crippen LogP contribution in [0, 0.1) is 0 Å².